The van der Waals surface area contributed by atoms with Gasteiger partial charge in [0.2, 0.25) is 0 Å². The van der Waals surface area contributed by atoms with Gasteiger partial charge in [-0.05, 0) is 26.0 Å². The summed E-state index contributed by atoms with van der Waals surface area (Å²) >= 11 is 0. The van der Waals surface area contributed by atoms with E-state index in [4.69, 9.17) is 5.26 Å². The van der Waals surface area contributed by atoms with Crippen molar-refractivity contribution in [2.24, 2.45) is 0 Å². The summed E-state index contributed by atoms with van der Waals surface area (Å²) in [6.45, 7) is 2.75. The maximum atomic E-state index is 13.5. The highest BCUT2D eigenvalue weighted by Crippen LogP contribution is 2.09. The maximum Gasteiger partial charge on any atom is 0.422 e. The molecule has 0 aliphatic heterocycles. The molecule has 0 aliphatic carbocycles. The van der Waals surface area contributed by atoms with Gasteiger partial charge in [0.1, 0.15) is 5.82 Å². The van der Waals surface area contributed by atoms with Crippen LogP contribution in [0.25, 0.3) is 0 Å². The molecule has 9 heteroatoms. The Balaban J connectivity index is 2.66. The molecule has 0 aromatic heterocycles. The fourth-order valence-corrected chi connectivity index (χ4v) is 2.00. The Morgan fingerprint density at radius 3 is 2.67 bits per heavy atom. The van der Waals surface area contributed by atoms with Crippen LogP contribution >= 0.6 is 0 Å². The van der Waals surface area contributed by atoms with Gasteiger partial charge in [-0.3, -0.25) is 0 Å². The van der Waals surface area contributed by atoms with Crippen molar-refractivity contribution in [1.29, 1.82) is 5.26 Å². The monoisotopic (exact) mass is 315 g/mol. The van der Waals surface area contributed by atoms with E-state index in [9.17, 15) is 17.6 Å². The highest BCUT2D eigenvalue weighted by Gasteiger charge is 2.16. The fourth-order valence-electron chi connectivity index (χ4n) is 1.32. The van der Waals surface area contributed by atoms with Crippen LogP contribution in [0.5, 0.6) is 0 Å². The quantitative estimate of drug-likeness (QED) is 0.847. The van der Waals surface area contributed by atoms with Crippen molar-refractivity contribution < 1.29 is 22.3 Å². The SMILES string of the molecule is CC(C)OC(=O)NS(=O)(=O)NCc1ccc(C#N)cc1F. The third kappa shape index (κ3) is 5.76. The minimum absolute atomic E-state index is 0.0385. The van der Waals surface area contributed by atoms with E-state index >= 15 is 0 Å². The number of hydrogen-bond donors (Lipinski definition) is 2. The smallest absolute Gasteiger partial charge is 0.422 e. The number of ether oxygens (including phenoxy) is 1. The lowest BCUT2D eigenvalue weighted by Gasteiger charge is -2.11. The van der Waals surface area contributed by atoms with Crippen molar-refractivity contribution in [2.45, 2.75) is 26.5 Å². The molecule has 1 aromatic carbocycles. The number of benzene rings is 1. The molecule has 114 valence electrons. The molecule has 1 aromatic rings. The third-order valence-electron chi connectivity index (χ3n) is 2.20. The zero-order chi connectivity index (χ0) is 16.0. The largest absolute Gasteiger partial charge is 0.446 e. The van der Waals surface area contributed by atoms with Crippen molar-refractivity contribution in [3.05, 3.63) is 35.1 Å². The zero-order valence-electron chi connectivity index (χ0n) is 11.4. The fraction of sp³-hybridized carbons (Fsp3) is 0.333. The first-order chi connectivity index (χ1) is 9.73. The lowest BCUT2D eigenvalue weighted by molar-refractivity contribution is 0.121. The van der Waals surface area contributed by atoms with Crippen molar-refractivity contribution in [3.8, 4) is 6.07 Å². The van der Waals surface area contributed by atoms with E-state index in [1.54, 1.807) is 24.6 Å². The average Bonchev–Trinajstić information content (AvgIpc) is 2.35. The molecule has 1 rings (SSSR count). The van der Waals surface area contributed by atoms with Crippen molar-refractivity contribution in [1.82, 2.24) is 9.44 Å². The Hall–Kier alpha value is -2.18. The molecule has 0 saturated carbocycles. The predicted octanol–water partition coefficient (Wildman–Crippen LogP) is 1.17. The third-order valence-corrected chi connectivity index (χ3v) is 3.16. The van der Waals surface area contributed by atoms with Crippen LogP contribution < -0.4 is 9.44 Å². The Bertz CT molecular complexity index is 668. The highest BCUT2D eigenvalue weighted by molar-refractivity contribution is 7.88. The van der Waals surface area contributed by atoms with Crippen LogP contribution in [-0.2, 0) is 21.5 Å². The molecule has 0 saturated heterocycles. The normalized spacial score (nSPS) is 11.0. The molecule has 0 atom stereocenters. The van der Waals surface area contributed by atoms with Gasteiger partial charge in [0, 0.05) is 12.1 Å². The Kier molecular flexibility index (Phi) is 5.63. The van der Waals surface area contributed by atoms with E-state index in [1.165, 1.54) is 12.1 Å². The van der Waals surface area contributed by atoms with Crippen molar-refractivity contribution in [3.63, 3.8) is 0 Å². The summed E-state index contributed by atoms with van der Waals surface area (Å²) in [6.07, 6.45) is -1.60. The van der Waals surface area contributed by atoms with Crippen LogP contribution in [0.4, 0.5) is 9.18 Å². The first-order valence-electron chi connectivity index (χ1n) is 5.90. The van der Waals surface area contributed by atoms with E-state index < -0.39 is 28.2 Å². The number of carbonyl (C=O) groups excluding carboxylic acids is 1. The van der Waals surface area contributed by atoms with E-state index in [0.29, 0.717) is 0 Å². The molecule has 0 bridgehead atoms. The number of hydrogen-bond acceptors (Lipinski definition) is 5. The van der Waals surface area contributed by atoms with Crippen LogP contribution in [0.2, 0.25) is 0 Å². The molecule has 0 aliphatic rings. The molecule has 21 heavy (non-hydrogen) atoms. The van der Waals surface area contributed by atoms with E-state index in [2.05, 4.69) is 4.74 Å². The van der Waals surface area contributed by atoms with E-state index in [1.807, 2.05) is 4.72 Å². The first kappa shape index (κ1) is 16.9. The standard InChI is InChI=1S/C12H14FN3O4S/c1-8(2)20-12(17)16-21(18,19)15-7-10-4-3-9(6-14)5-11(10)13/h3-5,8,15H,7H2,1-2H3,(H,16,17). The topological polar surface area (TPSA) is 108 Å². The summed E-state index contributed by atoms with van der Waals surface area (Å²) in [5.41, 5.74) is 0.161. The molecule has 0 fully saturated rings. The van der Waals surface area contributed by atoms with Crippen LogP contribution in [0, 0.1) is 17.1 Å². The molecule has 1 amide bonds. The highest BCUT2D eigenvalue weighted by atomic mass is 32.2. The number of amides is 1. The maximum absolute atomic E-state index is 13.5. The summed E-state index contributed by atoms with van der Waals surface area (Å²) in [4.78, 5) is 11.2. The Morgan fingerprint density at radius 2 is 2.14 bits per heavy atom. The second kappa shape index (κ2) is 7.01. The molecule has 0 spiro atoms. The zero-order valence-corrected chi connectivity index (χ0v) is 12.2. The van der Waals surface area contributed by atoms with Crippen molar-refractivity contribution >= 4 is 16.3 Å². The van der Waals surface area contributed by atoms with Crippen molar-refractivity contribution in [2.75, 3.05) is 0 Å². The van der Waals surface area contributed by atoms with Gasteiger partial charge in [-0.2, -0.15) is 18.4 Å². The van der Waals surface area contributed by atoms with Crippen LogP contribution in [0.15, 0.2) is 18.2 Å². The second-order valence-corrected chi connectivity index (χ2v) is 5.80. The summed E-state index contributed by atoms with van der Waals surface area (Å²) in [7, 11) is -4.16. The first-order valence-corrected chi connectivity index (χ1v) is 7.38. The van der Waals surface area contributed by atoms with Crippen LogP contribution in [-0.4, -0.2) is 20.6 Å². The van der Waals surface area contributed by atoms with Gasteiger partial charge in [0.05, 0.1) is 17.7 Å². The summed E-state index contributed by atoms with van der Waals surface area (Å²) in [6, 6.07) is 5.38. The molecule has 2 N–H and O–H groups in total. The summed E-state index contributed by atoms with van der Waals surface area (Å²) in [5.74, 6) is -0.721. The number of nitriles is 1. The predicted molar refractivity (Wildman–Crippen MR) is 71.6 cm³/mol. The number of nitrogens with one attached hydrogen (secondary N) is 2. The van der Waals surface area contributed by atoms with Gasteiger partial charge in [-0.15, -0.1) is 0 Å². The lowest BCUT2D eigenvalue weighted by atomic mass is 10.1. The molecule has 0 heterocycles. The van der Waals surface area contributed by atoms with E-state index in [0.717, 1.165) is 6.07 Å². The molecule has 0 radical (unpaired) electrons. The van der Waals surface area contributed by atoms with Crippen LogP contribution in [0.3, 0.4) is 0 Å². The minimum Gasteiger partial charge on any atom is -0.446 e. The van der Waals surface area contributed by atoms with E-state index in [-0.39, 0.29) is 17.7 Å². The average molecular weight is 315 g/mol. The number of carbonyl (C=O) groups is 1. The molecular weight excluding hydrogens is 301 g/mol. The molecular formula is C12H14FN3O4S. The lowest BCUT2D eigenvalue weighted by Crippen LogP contribution is -2.41. The summed E-state index contributed by atoms with van der Waals surface area (Å²) in [5, 5.41) is 8.59. The second-order valence-electron chi connectivity index (χ2n) is 4.30. The number of rotatable bonds is 5. The van der Waals surface area contributed by atoms with Gasteiger partial charge in [-0.1, -0.05) is 6.07 Å². The van der Waals surface area contributed by atoms with Gasteiger partial charge >= 0.3 is 16.3 Å². The number of nitrogens with zero attached hydrogens (tertiary/aromatic N) is 1. The Morgan fingerprint density at radius 1 is 1.48 bits per heavy atom. The molecule has 0 unspecified atom stereocenters. The van der Waals surface area contributed by atoms with Crippen LogP contribution in [0.1, 0.15) is 25.0 Å². The number of halogens is 1. The Labute approximate surface area is 121 Å². The van der Waals surface area contributed by atoms with Gasteiger partial charge < -0.3 is 4.74 Å². The molecule has 7 nitrogen and oxygen atoms in total. The van der Waals surface area contributed by atoms with Gasteiger partial charge in [0.25, 0.3) is 0 Å². The van der Waals surface area contributed by atoms with Gasteiger partial charge in [-0.25, -0.2) is 13.9 Å². The van der Waals surface area contributed by atoms with Gasteiger partial charge in [0.15, 0.2) is 0 Å². The summed E-state index contributed by atoms with van der Waals surface area (Å²) < 4.78 is 44.8. The minimum atomic E-state index is -4.16.